The Bertz CT molecular complexity index is 564. The van der Waals surface area contributed by atoms with Gasteiger partial charge in [0.1, 0.15) is 5.82 Å². The molecule has 2 heteroatoms. The van der Waals surface area contributed by atoms with Gasteiger partial charge in [0.2, 0.25) is 0 Å². The predicted molar refractivity (Wildman–Crippen MR) is 85.0 cm³/mol. The van der Waals surface area contributed by atoms with Gasteiger partial charge < -0.3 is 5.32 Å². The highest BCUT2D eigenvalue weighted by atomic mass is 19.1. The van der Waals surface area contributed by atoms with E-state index in [-0.39, 0.29) is 5.82 Å². The van der Waals surface area contributed by atoms with E-state index in [0.29, 0.717) is 17.8 Å². The molecular formula is C19H22FN. The first-order valence-corrected chi connectivity index (χ1v) is 7.77. The zero-order chi connectivity index (χ0) is 14.7. The zero-order valence-electron chi connectivity index (χ0n) is 12.4. The average Bonchev–Trinajstić information content (AvgIpc) is 2.56. The van der Waals surface area contributed by atoms with Crippen molar-refractivity contribution in [3.05, 3.63) is 71.5 Å². The molecule has 1 N–H and O–H groups in total. The molecule has 0 spiro atoms. The van der Waals surface area contributed by atoms with Crippen LogP contribution in [0.3, 0.4) is 0 Å². The number of nitrogens with one attached hydrogen (secondary N) is 1. The summed E-state index contributed by atoms with van der Waals surface area (Å²) in [7, 11) is 0. The highest BCUT2D eigenvalue weighted by Crippen LogP contribution is 2.39. The molecule has 0 amide bonds. The third kappa shape index (κ3) is 3.16. The minimum atomic E-state index is -0.157. The van der Waals surface area contributed by atoms with Gasteiger partial charge in [0.25, 0.3) is 0 Å². The van der Waals surface area contributed by atoms with Crippen LogP contribution in [-0.4, -0.2) is 13.1 Å². The van der Waals surface area contributed by atoms with E-state index < -0.39 is 0 Å². The number of rotatable bonds is 3. The van der Waals surface area contributed by atoms with Gasteiger partial charge in [-0.15, -0.1) is 0 Å². The Balaban J connectivity index is 1.86. The molecule has 0 aromatic heterocycles. The van der Waals surface area contributed by atoms with Crippen molar-refractivity contribution >= 4 is 0 Å². The highest BCUT2D eigenvalue weighted by Gasteiger charge is 2.31. The molecule has 1 heterocycles. The van der Waals surface area contributed by atoms with E-state index in [1.807, 2.05) is 12.1 Å². The molecule has 3 atom stereocenters. The van der Waals surface area contributed by atoms with E-state index in [0.717, 1.165) is 19.5 Å². The lowest BCUT2D eigenvalue weighted by Gasteiger charge is -2.37. The fourth-order valence-corrected chi connectivity index (χ4v) is 3.56. The summed E-state index contributed by atoms with van der Waals surface area (Å²) in [6.07, 6.45) is 1.16. The van der Waals surface area contributed by atoms with Gasteiger partial charge in [-0.2, -0.15) is 0 Å². The topological polar surface area (TPSA) is 12.0 Å². The first-order chi connectivity index (χ1) is 10.3. The second-order valence-corrected chi connectivity index (χ2v) is 6.01. The molecule has 1 aliphatic rings. The van der Waals surface area contributed by atoms with Crippen molar-refractivity contribution < 1.29 is 4.39 Å². The maximum atomic E-state index is 13.2. The number of hydrogen-bond donors (Lipinski definition) is 1. The maximum Gasteiger partial charge on any atom is 0.123 e. The Kier molecular flexibility index (Phi) is 4.35. The molecule has 1 fully saturated rings. The summed E-state index contributed by atoms with van der Waals surface area (Å²) in [5.74, 6) is 1.41. The van der Waals surface area contributed by atoms with Crippen molar-refractivity contribution in [2.24, 2.45) is 5.92 Å². The molecule has 0 radical (unpaired) electrons. The largest absolute Gasteiger partial charge is 0.316 e. The minimum absolute atomic E-state index is 0.157. The van der Waals surface area contributed by atoms with Crippen LogP contribution in [0.25, 0.3) is 0 Å². The fourth-order valence-electron chi connectivity index (χ4n) is 3.56. The molecular weight excluding hydrogens is 261 g/mol. The van der Waals surface area contributed by atoms with Gasteiger partial charge in [-0.25, -0.2) is 4.39 Å². The Morgan fingerprint density at radius 1 is 1.05 bits per heavy atom. The number of hydrogen-bond acceptors (Lipinski definition) is 1. The standard InChI is InChI=1S/C19H22FN/c1-14(15-5-3-2-4-6-15)18-11-12-21-13-19(18)16-7-9-17(20)10-8-16/h2-10,14,18-19,21H,11-13H2,1H3. The molecule has 0 bridgehead atoms. The Morgan fingerprint density at radius 2 is 1.76 bits per heavy atom. The van der Waals surface area contributed by atoms with E-state index in [4.69, 9.17) is 0 Å². The van der Waals surface area contributed by atoms with Gasteiger partial charge in [0.15, 0.2) is 0 Å². The SMILES string of the molecule is CC(c1ccccc1)C1CCNCC1c1ccc(F)cc1. The van der Waals surface area contributed by atoms with Gasteiger partial charge in [-0.3, -0.25) is 0 Å². The maximum absolute atomic E-state index is 13.2. The predicted octanol–water partition coefficient (Wildman–Crippen LogP) is 4.32. The van der Waals surface area contributed by atoms with Crippen molar-refractivity contribution in [1.82, 2.24) is 5.32 Å². The Morgan fingerprint density at radius 3 is 2.48 bits per heavy atom. The monoisotopic (exact) mass is 283 g/mol. The molecule has 21 heavy (non-hydrogen) atoms. The Labute approximate surface area is 126 Å². The van der Waals surface area contributed by atoms with Crippen LogP contribution in [0.5, 0.6) is 0 Å². The van der Waals surface area contributed by atoms with Crippen LogP contribution in [0.1, 0.15) is 36.3 Å². The van der Waals surface area contributed by atoms with Crippen LogP contribution >= 0.6 is 0 Å². The molecule has 3 rings (SSSR count). The Hall–Kier alpha value is -1.67. The molecule has 2 aromatic carbocycles. The molecule has 3 unspecified atom stereocenters. The second kappa shape index (κ2) is 6.40. The number of halogens is 1. The van der Waals surface area contributed by atoms with Crippen LogP contribution in [0.2, 0.25) is 0 Å². The summed E-state index contributed by atoms with van der Waals surface area (Å²) in [6, 6.07) is 17.8. The number of piperidine rings is 1. The van der Waals surface area contributed by atoms with E-state index in [2.05, 4.69) is 42.6 Å². The molecule has 1 nitrogen and oxygen atoms in total. The van der Waals surface area contributed by atoms with Gasteiger partial charge in [-0.1, -0.05) is 49.4 Å². The van der Waals surface area contributed by atoms with Crippen LogP contribution < -0.4 is 5.32 Å². The molecule has 0 saturated carbocycles. The van der Waals surface area contributed by atoms with Crippen LogP contribution in [0.15, 0.2) is 54.6 Å². The van der Waals surface area contributed by atoms with E-state index >= 15 is 0 Å². The van der Waals surface area contributed by atoms with Crippen molar-refractivity contribution in [1.29, 1.82) is 0 Å². The third-order valence-corrected chi connectivity index (χ3v) is 4.80. The van der Waals surface area contributed by atoms with Crippen molar-refractivity contribution in [2.45, 2.75) is 25.2 Å². The van der Waals surface area contributed by atoms with E-state index in [1.54, 1.807) is 12.1 Å². The normalized spacial score (nSPS) is 23.7. The average molecular weight is 283 g/mol. The van der Waals surface area contributed by atoms with Gasteiger partial charge in [0, 0.05) is 6.54 Å². The summed E-state index contributed by atoms with van der Waals surface area (Å²) < 4.78 is 13.2. The first-order valence-electron chi connectivity index (χ1n) is 7.77. The lowest BCUT2D eigenvalue weighted by atomic mass is 9.72. The van der Waals surface area contributed by atoms with Gasteiger partial charge in [0.05, 0.1) is 0 Å². The van der Waals surface area contributed by atoms with E-state index in [9.17, 15) is 4.39 Å². The lowest BCUT2D eigenvalue weighted by molar-refractivity contribution is 0.285. The highest BCUT2D eigenvalue weighted by molar-refractivity contribution is 5.26. The summed E-state index contributed by atoms with van der Waals surface area (Å²) in [5.41, 5.74) is 2.65. The summed E-state index contributed by atoms with van der Waals surface area (Å²) in [6.45, 7) is 4.37. The zero-order valence-corrected chi connectivity index (χ0v) is 12.4. The smallest absolute Gasteiger partial charge is 0.123 e. The third-order valence-electron chi connectivity index (χ3n) is 4.80. The van der Waals surface area contributed by atoms with Crippen molar-refractivity contribution in [3.8, 4) is 0 Å². The quantitative estimate of drug-likeness (QED) is 0.884. The second-order valence-electron chi connectivity index (χ2n) is 6.01. The van der Waals surface area contributed by atoms with Crippen LogP contribution in [0, 0.1) is 11.7 Å². The van der Waals surface area contributed by atoms with E-state index in [1.165, 1.54) is 11.1 Å². The summed E-state index contributed by atoms with van der Waals surface area (Å²) in [5, 5.41) is 3.49. The van der Waals surface area contributed by atoms with Gasteiger partial charge >= 0.3 is 0 Å². The lowest BCUT2D eigenvalue weighted by Crippen LogP contribution is -2.37. The molecule has 2 aromatic rings. The number of benzene rings is 2. The molecule has 1 aliphatic heterocycles. The summed E-state index contributed by atoms with van der Waals surface area (Å²) in [4.78, 5) is 0. The first kappa shape index (κ1) is 14.3. The van der Waals surface area contributed by atoms with Crippen molar-refractivity contribution in [3.63, 3.8) is 0 Å². The molecule has 110 valence electrons. The van der Waals surface area contributed by atoms with Crippen LogP contribution in [-0.2, 0) is 0 Å². The minimum Gasteiger partial charge on any atom is -0.316 e. The summed E-state index contributed by atoms with van der Waals surface area (Å²) >= 11 is 0. The molecule has 1 saturated heterocycles. The fraction of sp³-hybridized carbons (Fsp3) is 0.368. The van der Waals surface area contributed by atoms with Gasteiger partial charge in [-0.05, 0) is 54.0 Å². The van der Waals surface area contributed by atoms with Crippen LogP contribution in [0.4, 0.5) is 4.39 Å². The van der Waals surface area contributed by atoms with Crippen molar-refractivity contribution in [2.75, 3.05) is 13.1 Å². The molecule has 0 aliphatic carbocycles.